The van der Waals surface area contributed by atoms with E-state index >= 15 is 0 Å². The Morgan fingerprint density at radius 1 is 0.964 bits per heavy atom. The van der Waals surface area contributed by atoms with Crippen LogP contribution < -0.4 is 0 Å². The first-order valence-electron chi connectivity index (χ1n) is 12.8. The van der Waals surface area contributed by atoms with Crippen LogP contribution in [0.25, 0.3) is 0 Å². The van der Waals surface area contributed by atoms with Gasteiger partial charge in [-0.15, -0.1) is 0 Å². The maximum absolute atomic E-state index is 11.6. The van der Waals surface area contributed by atoms with Gasteiger partial charge < -0.3 is 4.79 Å². The second-order valence-electron chi connectivity index (χ2n) is 12.1. The molecule has 0 saturated heterocycles. The summed E-state index contributed by atoms with van der Waals surface area (Å²) < 4.78 is 0. The minimum absolute atomic E-state index is 0.379. The molecule has 0 aromatic rings. The van der Waals surface area contributed by atoms with Crippen LogP contribution in [0.15, 0.2) is 0 Å². The quantitative estimate of drug-likeness (QED) is 0.473. The van der Waals surface area contributed by atoms with Crippen molar-refractivity contribution in [2.24, 2.45) is 52.3 Å². The average Bonchev–Trinajstić information content (AvgIpc) is 3.02. The minimum Gasteiger partial charge on any atom is -0.300 e. The third kappa shape index (κ3) is 3.22. The van der Waals surface area contributed by atoms with Gasteiger partial charge in [-0.25, -0.2) is 0 Å². The highest BCUT2D eigenvalue weighted by atomic mass is 16.1. The van der Waals surface area contributed by atoms with Gasteiger partial charge in [-0.3, -0.25) is 0 Å². The fourth-order valence-electron chi connectivity index (χ4n) is 9.63. The number of fused-ring (bicyclic) bond motifs is 5. The largest absolute Gasteiger partial charge is 0.300 e. The van der Waals surface area contributed by atoms with Crippen LogP contribution in [0.2, 0.25) is 0 Å². The van der Waals surface area contributed by atoms with E-state index in [9.17, 15) is 4.79 Å². The summed E-state index contributed by atoms with van der Waals surface area (Å²) in [6.45, 7) is 12.1. The van der Waals surface area contributed by atoms with Crippen molar-refractivity contribution in [3.05, 3.63) is 0 Å². The Balaban J connectivity index is 1.56. The number of hydrogen-bond donors (Lipinski definition) is 0. The summed E-state index contributed by atoms with van der Waals surface area (Å²) in [4.78, 5) is 11.6. The first-order chi connectivity index (χ1) is 13.3. The molecule has 0 spiro atoms. The Morgan fingerprint density at radius 2 is 1.71 bits per heavy atom. The molecule has 0 aromatic heterocycles. The van der Waals surface area contributed by atoms with Crippen molar-refractivity contribution in [1.82, 2.24) is 0 Å². The Kier molecular flexibility index (Phi) is 5.78. The SMILES string of the molecule is CC[C@H]1C[C@@H]2[C@H](CC[C@]3(C)[C@@H]([C@H](C)CCC(C)=O)CC[C@@H]23)[C@@]2(C)CCCC[C@@H]12. The van der Waals surface area contributed by atoms with Crippen molar-refractivity contribution >= 4 is 5.78 Å². The third-order valence-electron chi connectivity index (χ3n) is 11.0. The van der Waals surface area contributed by atoms with Gasteiger partial charge in [0.25, 0.3) is 0 Å². The first kappa shape index (κ1) is 20.9. The van der Waals surface area contributed by atoms with Crippen LogP contribution in [0.5, 0.6) is 0 Å². The van der Waals surface area contributed by atoms with Gasteiger partial charge >= 0.3 is 0 Å². The van der Waals surface area contributed by atoms with E-state index in [0.717, 1.165) is 54.3 Å². The van der Waals surface area contributed by atoms with Gasteiger partial charge in [0.1, 0.15) is 5.78 Å². The van der Waals surface area contributed by atoms with Crippen LogP contribution in [-0.2, 0) is 4.79 Å². The van der Waals surface area contributed by atoms with Crippen molar-refractivity contribution in [2.75, 3.05) is 0 Å². The maximum atomic E-state index is 11.6. The van der Waals surface area contributed by atoms with Gasteiger partial charge in [-0.05, 0) is 111 Å². The molecule has 1 nitrogen and oxygen atoms in total. The topological polar surface area (TPSA) is 17.1 Å². The lowest BCUT2D eigenvalue weighted by atomic mass is 9.42. The highest BCUT2D eigenvalue weighted by Gasteiger charge is 2.61. The molecule has 4 fully saturated rings. The minimum atomic E-state index is 0.379. The lowest BCUT2D eigenvalue weighted by Gasteiger charge is -2.63. The highest BCUT2D eigenvalue weighted by molar-refractivity contribution is 5.75. The number of ketones is 1. The predicted octanol–water partition coefficient (Wildman–Crippen LogP) is 7.68. The molecular formula is C27H46O. The van der Waals surface area contributed by atoms with Gasteiger partial charge in [0.2, 0.25) is 0 Å². The zero-order valence-electron chi connectivity index (χ0n) is 19.4. The van der Waals surface area contributed by atoms with E-state index in [0.29, 0.717) is 16.6 Å². The number of Topliss-reactive ketones (excluding diaryl/α,β-unsaturated/α-hetero) is 1. The van der Waals surface area contributed by atoms with E-state index in [2.05, 4.69) is 27.7 Å². The lowest BCUT2D eigenvalue weighted by molar-refractivity contribution is -0.138. The molecule has 0 unspecified atom stereocenters. The molecule has 1 heteroatoms. The van der Waals surface area contributed by atoms with Crippen LogP contribution >= 0.6 is 0 Å². The molecule has 4 saturated carbocycles. The molecule has 4 aliphatic rings. The standard InChI is InChI=1S/C27H46O/c1-6-20-17-21-24-13-12-22(18(2)10-11-19(3)28)27(24,5)16-14-25(21)26(4)15-8-7-9-23(20)26/h18,20-25H,6-17H2,1-5H3/t18-,20+,21+,22-,23+,24+,25+,26+,27-/m1/s1. The Hall–Kier alpha value is -0.330. The van der Waals surface area contributed by atoms with Gasteiger partial charge in [-0.1, -0.05) is 47.0 Å². The van der Waals surface area contributed by atoms with Crippen molar-refractivity contribution in [3.8, 4) is 0 Å². The summed E-state index contributed by atoms with van der Waals surface area (Å²) >= 11 is 0. The summed E-state index contributed by atoms with van der Waals surface area (Å²) in [6, 6.07) is 0. The van der Waals surface area contributed by atoms with E-state index in [4.69, 9.17) is 0 Å². The van der Waals surface area contributed by atoms with Gasteiger partial charge in [-0.2, -0.15) is 0 Å². The molecular weight excluding hydrogens is 340 g/mol. The fourth-order valence-corrected chi connectivity index (χ4v) is 9.63. The molecule has 160 valence electrons. The van der Waals surface area contributed by atoms with Crippen molar-refractivity contribution in [1.29, 1.82) is 0 Å². The Labute approximate surface area is 174 Å². The summed E-state index contributed by atoms with van der Waals surface area (Å²) in [5.41, 5.74) is 1.19. The summed E-state index contributed by atoms with van der Waals surface area (Å²) in [5, 5.41) is 0. The molecule has 0 heterocycles. The lowest BCUT2D eigenvalue weighted by Crippen LogP contribution is -2.55. The highest BCUT2D eigenvalue weighted by Crippen LogP contribution is 2.69. The number of rotatable bonds is 5. The number of hydrogen-bond acceptors (Lipinski definition) is 1. The molecule has 28 heavy (non-hydrogen) atoms. The second kappa shape index (κ2) is 7.73. The molecule has 0 bridgehead atoms. The molecule has 4 rings (SSSR count). The first-order valence-corrected chi connectivity index (χ1v) is 12.8. The summed E-state index contributed by atoms with van der Waals surface area (Å²) in [6.07, 6.45) is 16.7. The Morgan fingerprint density at radius 3 is 2.43 bits per heavy atom. The van der Waals surface area contributed by atoms with Gasteiger partial charge in [0.05, 0.1) is 0 Å². The molecule has 0 radical (unpaired) electrons. The average molecular weight is 387 g/mol. The molecule has 0 aliphatic heterocycles. The number of carbonyl (C=O) groups excluding carboxylic acids is 1. The van der Waals surface area contributed by atoms with E-state index in [1.54, 1.807) is 6.92 Å². The second-order valence-corrected chi connectivity index (χ2v) is 12.1. The van der Waals surface area contributed by atoms with Crippen molar-refractivity contribution in [2.45, 2.75) is 112 Å². The van der Waals surface area contributed by atoms with E-state index in [-0.39, 0.29) is 0 Å². The van der Waals surface area contributed by atoms with Crippen LogP contribution in [-0.4, -0.2) is 5.78 Å². The molecule has 0 N–H and O–H groups in total. The summed E-state index contributed by atoms with van der Waals surface area (Å²) in [5.74, 6) is 6.92. The monoisotopic (exact) mass is 386 g/mol. The van der Waals surface area contributed by atoms with Crippen molar-refractivity contribution < 1.29 is 4.79 Å². The zero-order chi connectivity index (χ0) is 20.1. The van der Waals surface area contributed by atoms with Crippen LogP contribution in [0, 0.1) is 52.3 Å². The molecule has 0 amide bonds. The Bertz CT molecular complexity index is 581. The van der Waals surface area contributed by atoms with E-state index < -0.39 is 0 Å². The van der Waals surface area contributed by atoms with Crippen molar-refractivity contribution in [3.63, 3.8) is 0 Å². The van der Waals surface area contributed by atoms with Crippen LogP contribution in [0.1, 0.15) is 112 Å². The normalized spacial score (nSPS) is 49.0. The van der Waals surface area contributed by atoms with Gasteiger partial charge in [0.15, 0.2) is 0 Å². The number of carbonyl (C=O) groups is 1. The molecule has 9 atom stereocenters. The third-order valence-corrected chi connectivity index (χ3v) is 11.0. The zero-order valence-corrected chi connectivity index (χ0v) is 19.4. The summed E-state index contributed by atoms with van der Waals surface area (Å²) in [7, 11) is 0. The molecule has 4 aliphatic carbocycles. The van der Waals surface area contributed by atoms with Gasteiger partial charge in [0, 0.05) is 6.42 Å². The smallest absolute Gasteiger partial charge is 0.129 e. The van der Waals surface area contributed by atoms with Crippen LogP contribution in [0.4, 0.5) is 0 Å². The maximum Gasteiger partial charge on any atom is 0.129 e. The predicted molar refractivity (Wildman–Crippen MR) is 118 cm³/mol. The fraction of sp³-hybridized carbons (Fsp3) is 0.963. The van der Waals surface area contributed by atoms with E-state index in [1.165, 1.54) is 64.2 Å². The van der Waals surface area contributed by atoms with Crippen LogP contribution in [0.3, 0.4) is 0 Å². The molecule has 0 aromatic carbocycles. The van der Waals surface area contributed by atoms with E-state index in [1.807, 2.05) is 0 Å².